The van der Waals surface area contributed by atoms with Crippen molar-refractivity contribution in [2.75, 3.05) is 25.0 Å². The van der Waals surface area contributed by atoms with Crippen LogP contribution in [0.5, 0.6) is 0 Å². The molecule has 1 aromatic heterocycles. The molecule has 1 saturated heterocycles. The second-order valence-electron chi connectivity index (χ2n) is 5.55. The number of pyridine rings is 1. The Labute approximate surface area is 123 Å². The van der Waals surface area contributed by atoms with Crippen LogP contribution in [0.4, 0.5) is 11.5 Å². The molecule has 1 unspecified atom stereocenters. The lowest BCUT2D eigenvalue weighted by molar-refractivity contribution is -0.384. The summed E-state index contributed by atoms with van der Waals surface area (Å²) in [5.41, 5.74) is -0.202. The summed E-state index contributed by atoms with van der Waals surface area (Å²) in [7, 11) is 0. The van der Waals surface area contributed by atoms with Crippen molar-refractivity contribution in [1.82, 2.24) is 9.88 Å². The Morgan fingerprint density at radius 3 is 3.00 bits per heavy atom. The highest BCUT2D eigenvalue weighted by molar-refractivity contribution is 5.64. The van der Waals surface area contributed by atoms with E-state index in [1.807, 2.05) is 6.07 Å². The molecule has 7 heteroatoms. The molecule has 0 aromatic carbocycles. The molecule has 0 saturated carbocycles. The third-order valence-corrected chi connectivity index (χ3v) is 3.83. The highest BCUT2D eigenvalue weighted by atomic mass is 16.6. The number of nitrogens with one attached hydrogen (secondary N) is 1. The van der Waals surface area contributed by atoms with Crippen molar-refractivity contribution in [2.45, 2.75) is 26.3 Å². The molecular weight excluding hydrogens is 270 g/mol. The van der Waals surface area contributed by atoms with Crippen molar-refractivity contribution in [1.29, 1.82) is 5.26 Å². The molecule has 1 atom stereocenters. The molecule has 1 fully saturated rings. The lowest BCUT2D eigenvalue weighted by Crippen LogP contribution is -2.29. The average Bonchev–Trinajstić information content (AvgIpc) is 2.93. The van der Waals surface area contributed by atoms with Crippen LogP contribution >= 0.6 is 0 Å². The van der Waals surface area contributed by atoms with E-state index in [0.717, 1.165) is 19.5 Å². The van der Waals surface area contributed by atoms with Crippen LogP contribution in [0, 0.1) is 27.4 Å². The van der Waals surface area contributed by atoms with Gasteiger partial charge in [0.05, 0.1) is 4.92 Å². The standard InChI is InChI=1S/C14H19N5O2/c1-10(2)18-6-4-11(9-18)8-17-14-13(19(20)21)12(7-15)3-5-16-14/h3,5,10-11H,4,6,8-9H2,1-2H3,(H,16,17). The van der Waals surface area contributed by atoms with Crippen LogP contribution in [0.25, 0.3) is 0 Å². The van der Waals surface area contributed by atoms with Crippen molar-refractivity contribution < 1.29 is 4.92 Å². The van der Waals surface area contributed by atoms with E-state index in [1.165, 1.54) is 12.3 Å². The summed E-state index contributed by atoms with van der Waals surface area (Å²) in [6.45, 7) is 7.00. The predicted molar refractivity (Wildman–Crippen MR) is 78.9 cm³/mol. The zero-order valence-electron chi connectivity index (χ0n) is 12.2. The van der Waals surface area contributed by atoms with Crippen LogP contribution in [0.2, 0.25) is 0 Å². The number of anilines is 1. The van der Waals surface area contributed by atoms with Crippen LogP contribution in [-0.4, -0.2) is 40.5 Å². The molecule has 1 aliphatic rings. The summed E-state index contributed by atoms with van der Waals surface area (Å²) in [5.74, 6) is 0.626. The van der Waals surface area contributed by atoms with Gasteiger partial charge in [-0.1, -0.05) is 0 Å². The summed E-state index contributed by atoms with van der Waals surface area (Å²) in [6.07, 6.45) is 2.49. The second-order valence-corrected chi connectivity index (χ2v) is 5.55. The number of hydrogen-bond acceptors (Lipinski definition) is 6. The first-order valence-electron chi connectivity index (χ1n) is 7.04. The third-order valence-electron chi connectivity index (χ3n) is 3.83. The molecule has 0 bridgehead atoms. The van der Waals surface area contributed by atoms with Gasteiger partial charge in [0.25, 0.3) is 0 Å². The number of hydrogen-bond donors (Lipinski definition) is 1. The first kappa shape index (κ1) is 15.2. The first-order valence-corrected chi connectivity index (χ1v) is 7.04. The molecule has 1 aliphatic heterocycles. The highest BCUT2D eigenvalue weighted by Crippen LogP contribution is 2.26. The summed E-state index contributed by atoms with van der Waals surface area (Å²) < 4.78 is 0. The Morgan fingerprint density at radius 1 is 1.67 bits per heavy atom. The van der Waals surface area contributed by atoms with Crippen molar-refractivity contribution in [2.24, 2.45) is 5.92 Å². The molecule has 21 heavy (non-hydrogen) atoms. The van der Waals surface area contributed by atoms with Gasteiger partial charge in [0, 0.05) is 25.3 Å². The van der Waals surface area contributed by atoms with Gasteiger partial charge in [-0.15, -0.1) is 0 Å². The van der Waals surface area contributed by atoms with Gasteiger partial charge in [-0.25, -0.2) is 4.98 Å². The topological polar surface area (TPSA) is 95.1 Å². The molecule has 0 spiro atoms. The molecule has 0 radical (unpaired) electrons. The second kappa shape index (κ2) is 6.50. The molecule has 112 valence electrons. The number of likely N-dealkylation sites (tertiary alicyclic amines) is 1. The summed E-state index contributed by atoms with van der Waals surface area (Å²) in [4.78, 5) is 16.9. The van der Waals surface area contributed by atoms with Crippen LogP contribution in [-0.2, 0) is 0 Å². The van der Waals surface area contributed by atoms with Gasteiger partial charge < -0.3 is 10.2 Å². The maximum atomic E-state index is 11.1. The average molecular weight is 289 g/mol. The van der Waals surface area contributed by atoms with E-state index < -0.39 is 4.92 Å². The minimum atomic E-state index is -0.553. The van der Waals surface area contributed by atoms with E-state index in [0.29, 0.717) is 18.5 Å². The van der Waals surface area contributed by atoms with Gasteiger partial charge in [-0.3, -0.25) is 10.1 Å². The molecule has 1 aromatic rings. The molecule has 0 amide bonds. The van der Waals surface area contributed by atoms with Gasteiger partial charge in [0.2, 0.25) is 5.82 Å². The molecule has 7 nitrogen and oxygen atoms in total. The fourth-order valence-corrected chi connectivity index (χ4v) is 2.60. The van der Waals surface area contributed by atoms with E-state index in [4.69, 9.17) is 5.26 Å². The van der Waals surface area contributed by atoms with Gasteiger partial charge >= 0.3 is 5.69 Å². The Morgan fingerprint density at radius 2 is 2.43 bits per heavy atom. The first-order chi connectivity index (χ1) is 10.0. The Balaban J connectivity index is 2.05. The minimum absolute atomic E-state index is 0.0349. The monoisotopic (exact) mass is 289 g/mol. The van der Waals surface area contributed by atoms with Crippen molar-refractivity contribution in [3.8, 4) is 6.07 Å². The fraction of sp³-hybridized carbons (Fsp3) is 0.571. The van der Waals surface area contributed by atoms with Crippen molar-refractivity contribution >= 4 is 11.5 Å². The van der Waals surface area contributed by atoms with E-state index in [2.05, 4.69) is 29.0 Å². The maximum Gasteiger partial charge on any atom is 0.328 e. The van der Waals surface area contributed by atoms with E-state index >= 15 is 0 Å². The molecular formula is C14H19N5O2. The molecule has 2 rings (SSSR count). The summed E-state index contributed by atoms with van der Waals surface area (Å²) in [5, 5.41) is 23.1. The van der Waals surface area contributed by atoms with Gasteiger partial charge in [0.1, 0.15) is 11.6 Å². The quantitative estimate of drug-likeness (QED) is 0.658. The van der Waals surface area contributed by atoms with Gasteiger partial charge in [0.15, 0.2) is 0 Å². The van der Waals surface area contributed by atoms with E-state index in [1.54, 1.807) is 0 Å². The third kappa shape index (κ3) is 3.47. The normalized spacial score (nSPS) is 18.7. The number of aromatic nitrogens is 1. The van der Waals surface area contributed by atoms with E-state index in [-0.39, 0.29) is 17.1 Å². The van der Waals surface area contributed by atoms with Gasteiger partial charge in [-0.2, -0.15) is 5.26 Å². The summed E-state index contributed by atoms with van der Waals surface area (Å²) in [6, 6.07) is 3.72. The van der Waals surface area contributed by atoms with Gasteiger partial charge in [-0.05, 0) is 38.8 Å². The Hall–Kier alpha value is -2.20. The molecule has 0 aliphatic carbocycles. The van der Waals surface area contributed by atoms with E-state index in [9.17, 15) is 10.1 Å². The summed E-state index contributed by atoms with van der Waals surface area (Å²) >= 11 is 0. The van der Waals surface area contributed by atoms with Crippen LogP contribution < -0.4 is 5.32 Å². The number of nitrogens with zero attached hydrogens (tertiary/aromatic N) is 4. The van der Waals surface area contributed by atoms with Crippen LogP contribution in [0.1, 0.15) is 25.8 Å². The lowest BCUT2D eigenvalue weighted by atomic mass is 10.1. The predicted octanol–water partition coefficient (Wildman–Crippen LogP) is 2.00. The minimum Gasteiger partial charge on any atom is -0.364 e. The zero-order valence-corrected chi connectivity index (χ0v) is 12.2. The maximum absolute atomic E-state index is 11.1. The smallest absolute Gasteiger partial charge is 0.328 e. The SMILES string of the molecule is CC(C)N1CCC(CNc2nccc(C#N)c2[N+](=O)[O-])C1. The number of nitriles is 1. The molecule has 2 heterocycles. The number of nitro groups is 1. The Bertz CT molecular complexity index is 567. The van der Waals surface area contributed by atoms with Crippen LogP contribution in [0.15, 0.2) is 12.3 Å². The molecule has 1 N–H and O–H groups in total. The van der Waals surface area contributed by atoms with Crippen LogP contribution in [0.3, 0.4) is 0 Å². The number of rotatable bonds is 5. The van der Waals surface area contributed by atoms with Crippen molar-refractivity contribution in [3.05, 3.63) is 27.9 Å². The fourth-order valence-electron chi connectivity index (χ4n) is 2.60. The highest BCUT2D eigenvalue weighted by Gasteiger charge is 2.26. The largest absolute Gasteiger partial charge is 0.364 e. The Kier molecular flexibility index (Phi) is 4.70. The zero-order chi connectivity index (χ0) is 15.4. The van der Waals surface area contributed by atoms with Crippen molar-refractivity contribution in [3.63, 3.8) is 0 Å². The lowest BCUT2D eigenvalue weighted by Gasteiger charge is -2.20.